The molecule has 0 saturated carbocycles. The molecule has 2 atom stereocenters. The van der Waals surface area contributed by atoms with Gasteiger partial charge in [-0.1, -0.05) is 6.92 Å². The van der Waals surface area contributed by atoms with E-state index in [9.17, 15) is 0 Å². The topological polar surface area (TPSA) is 64.3 Å². The number of ether oxygens (including phenoxy) is 1. The van der Waals surface area contributed by atoms with E-state index in [4.69, 9.17) is 4.74 Å². The van der Waals surface area contributed by atoms with Crippen LogP contribution in [-0.2, 0) is 4.74 Å². The second-order valence-electron chi connectivity index (χ2n) is 5.40. The zero-order valence-electron chi connectivity index (χ0n) is 12.3. The zero-order chi connectivity index (χ0) is 14.1. The van der Waals surface area contributed by atoms with E-state index in [1.807, 2.05) is 24.3 Å². The molecule has 0 radical (unpaired) electrons. The minimum Gasteiger partial charge on any atom is -0.379 e. The molecule has 0 aromatic carbocycles. The molecule has 0 amide bonds. The average Bonchev–Trinajstić information content (AvgIpc) is 3.01. The third-order valence-corrected chi connectivity index (χ3v) is 3.78. The summed E-state index contributed by atoms with van der Waals surface area (Å²) in [4.78, 5) is 4.51. The lowest BCUT2D eigenvalue weighted by Crippen LogP contribution is -2.35. The van der Waals surface area contributed by atoms with Gasteiger partial charge in [-0.3, -0.25) is 4.40 Å². The average molecular weight is 275 g/mol. The second-order valence-corrected chi connectivity index (χ2v) is 5.40. The van der Waals surface area contributed by atoms with Crippen molar-refractivity contribution < 1.29 is 4.74 Å². The molecule has 1 fully saturated rings. The fraction of sp³-hybridized carbons (Fsp3) is 0.643. The highest BCUT2D eigenvalue weighted by atomic mass is 16.5. The Morgan fingerprint density at radius 3 is 3.00 bits per heavy atom. The molecule has 3 rings (SSSR count). The van der Waals surface area contributed by atoms with Gasteiger partial charge in [0.2, 0.25) is 0 Å². The maximum Gasteiger partial charge on any atom is 0.164 e. The van der Waals surface area contributed by atoms with Crippen LogP contribution in [0.15, 0.2) is 6.07 Å². The van der Waals surface area contributed by atoms with Crippen LogP contribution in [0.3, 0.4) is 0 Å². The Labute approximate surface area is 118 Å². The van der Waals surface area contributed by atoms with E-state index in [-0.39, 0.29) is 5.92 Å². The van der Waals surface area contributed by atoms with Gasteiger partial charge >= 0.3 is 0 Å². The van der Waals surface area contributed by atoms with Crippen molar-refractivity contribution in [2.24, 2.45) is 0 Å². The molecule has 1 N–H and O–H groups in total. The van der Waals surface area contributed by atoms with Crippen molar-refractivity contribution in [3.05, 3.63) is 23.4 Å². The van der Waals surface area contributed by atoms with Crippen LogP contribution in [0.4, 0.5) is 0 Å². The van der Waals surface area contributed by atoms with Gasteiger partial charge in [0.05, 0.1) is 19.1 Å². The van der Waals surface area contributed by atoms with Gasteiger partial charge in [-0.25, -0.2) is 4.98 Å². The van der Waals surface area contributed by atoms with Crippen molar-refractivity contribution >= 4 is 5.65 Å². The van der Waals surface area contributed by atoms with Gasteiger partial charge in [0.15, 0.2) is 5.65 Å². The van der Waals surface area contributed by atoms with Gasteiger partial charge in [-0.2, -0.15) is 0 Å². The second kappa shape index (κ2) is 5.46. The predicted molar refractivity (Wildman–Crippen MR) is 75.9 cm³/mol. The van der Waals surface area contributed by atoms with Crippen LogP contribution in [-0.4, -0.2) is 45.4 Å². The van der Waals surface area contributed by atoms with E-state index in [2.05, 4.69) is 27.4 Å². The smallest absolute Gasteiger partial charge is 0.164 e. The van der Waals surface area contributed by atoms with Crippen LogP contribution in [0.1, 0.15) is 36.6 Å². The molecule has 6 heteroatoms. The Morgan fingerprint density at radius 2 is 2.20 bits per heavy atom. The Kier molecular flexibility index (Phi) is 3.67. The fourth-order valence-corrected chi connectivity index (χ4v) is 2.84. The maximum absolute atomic E-state index is 5.64. The summed E-state index contributed by atoms with van der Waals surface area (Å²) < 4.78 is 7.69. The highest BCUT2D eigenvalue weighted by Gasteiger charge is 2.33. The molecule has 2 unspecified atom stereocenters. The number of hydrogen-bond donors (Lipinski definition) is 1. The van der Waals surface area contributed by atoms with Gasteiger partial charge in [0.25, 0.3) is 0 Å². The number of nitrogens with zero attached hydrogens (tertiary/aromatic N) is 4. The van der Waals surface area contributed by atoms with Gasteiger partial charge in [-0.15, -0.1) is 10.2 Å². The van der Waals surface area contributed by atoms with Crippen LogP contribution >= 0.6 is 0 Å². The van der Waals surface area contributed by atoms with E-state index in [0.717, 1.165) is 42.6 Å². The van der Waals surface area contributed by atoms with Gasteiger partial charge < -0.3 is 10.1 Å². The number of rotatable bonds is 4. The summed E-state index contributed by atoms with van der Waals surface area (Å²) in [7, 11) is 0. The van der Waals surface area contributed by atoms with E-state index in [0.29, 0.717) is 12.6 Å². The molecule has 0 aliphatic carbocycles. The molecule has 20 heavy (non-hydrogen) atoms. The molecule has 1 saturated heterocycles. The van der Waals surface area contributed by atoms with Crippen molar-refractivity contribution in [2.45, 2.75) is 39.2 Å². The summed E-state index contributed by atoms with van der Waals surface area (Å²) in [6.45, 7) is 8.56. The Hall–Kier alpha value is -1.53. The zero-order valence-corrected chi connectivity index (χ0v) is 12.3. The summed E-state index contributed by atoms with van der Waals surface area (Å²) in [5, 5.41) is 12.2. The maximum atomic E-state index is 5.64. The minimum absolute atomic E-state index is 0.236. The standard InChI is InChI=1S/C14H21N5O/c1-4-5-15-12-8-20-7-11(12)14-18-17-13-6-9(2)16-10(3)19(13)14/h6,11-12,15H,4-5,7-8H2,1-3H3. The van der Waals surface area contributed by atoms with E-state index < -0.39 is 0 Å². The molecule has 0 bridgehead atoms. The number of hydrogen-bond acceptors (Lipinski definition) is 5. The predicted octanol–water partition coefficient (Wildman–Crippen LogP) is 1.22. The van der Waals surface area contributed by atoms with Crippen LogP contribution < -0.4 is 5.32 Å². The molecule has 1 aliphatic rings. The lowest BCUT2D eigenvalue weighted by Gasteiger charge is -2.17. The molecular weight excluding hydrogens is 254 g/mol. The Bertz CT molecular complexity index is 609. The summed E-state index contributed by atoms with van der Waals surface area (Å²) in [5.74, 6) is 2.12. The first-order valence-electron chi connectivity index (χ1n) is 7.21. The first-order chi connectivity index (χ1) is 9.70. The first kappa shape index (κ1) is 13.5. The number of aromatic nitrogens is 4. The van der Waals surface area contributed by atoms with Crippen molar-refractivity contribution in [3.63, 3.8) is 0 Å². The van der Waals surface area contributed by atoms with Crippen LogP contribution in [0.2, 0.25) is 0 Å². The van der Waals surface area contributed by atoms with Crippen LogP contribution in [0, 0.1) is 13.8 Å². The molecule has 6 nitrogen and oxygen atoms in total. The van der Waals surface area contributed by atoms with Crippen molar-refractivity contribution in [1.82, 2.24) is 24.9 Å². The van der Waals surface area contributed by atoms with Crippen LogP contribution in [0.25, 0.3) is 5.65 Å². The molecule has 0 spiro atoms. The normalized spacial score (nSPS) is 22.8. The molecular formula is C14H21N5O. The SMILES string of the molecule is CCCNC1COCC1c1nnc2cc(C)nc(C)n12. The number of aryl methyl sites for hydroxylation is 2. The summed E-state index contributed by atoms with van der Waals surface area (Å²) in [6.07, 6.45) is 1.11. The Morgan fingerprint density at radius 1 is 1.35 bits per heavy atom. The molecule has 2 aromatic heterocycles. The monoisotopic (exact) mass is 275 g/mol. The Balaban J connectivity index is 1.97. The van der Waals surface area contributed by atoms with Gasteiger partial charge in [-0.05, 0) is 26.8 Å². The fourth-order valence-electron chi connectivity index (χ4n) is 2.84. The van der Waals surface area contributed by atoms with E-state index in [1.54, 1.807) is 0 Å². The van der Waals surface area contributed by atoms with E-state index in [1.165, 1.54) is 0 Å². The molecule has 3 heterocycles. The summed E-state index contributed by atoms with van der Waals surface area (Å²) in [5.41, 5.74) is 1.84. The lowest BCUT2D eigenvalue weighted by molar-refractivity contribution is 0.187. The third kappa shape index (κ3) is 2.29. The van der Waals surface area contributed by atoms with Crippen molar-refractivity contribution in [1.29, 1.82) is 0 Å². The molecule has 108 valence electrons. The molecule has 1 aliphatic heterocycles. The van der Waals surface area contributed by atoms with Gasteiger partial charge in [0, 0.05) is 17.8 Å². The minimum atomic E-state index is 0.236. The highest BCUT2D eigenvalue weighted by molar-refractivity contribution is 5.40. The van der Waals surface area contributed by atoms with Crippen molar-refractivity contribution in [2.75, 3.05) is 19.8 Å². The van der Waals surface area contributed by atoms with Crippen molar-refractivity contribution in [3.8, 4) is 0 Å². The molecule has 2 aromatic rings. The summed E-state index contributed by atoms with van der Waals surface area (Å²) >= 11 is 0. The largest absolute Gasteiger partial charge is 0.379 e. The van der Waals surface area contributed by atoms with Gasteiger partial charge in [0.1, 0.15) is 11.6 Å². The number of nitrogens with one attached hydrogen (secondary N) is 1. The number of fused-ring (bicyclic) bond motifs is 1. The summed E-state index contributed by atoms with van der Waals surface area (Å²) in [6, 6.07) is 2.27. The highest BCUT2D eigenvalue weighted by Crippen LogP contribution is 2.25. The lowest BCUT2D eigenvalue weighted by atomic mass is 10.0. The third-order valence-electron chi connectivity index (χ3n) is 3.78. The first-order valence-corrected chi connectivity index (χ1v) is 7.21. The quantitative estimate of drug-likeness (QED) is 0.909. The van der Waals surface area contributed by atoms with E-state index >= 15 is 0 Å². The van der Waals surface area contributed by atoms with Crippen LogP contribution in [0.5, 0.6) is 0 Å².